The van der Waals surface area contributed by atoms with Crippen LogP contribution in [-0.2, 0) is 20.7 Å². The molecule has 1 unspecified atom stereocenters. The number of morpholine rings is 1. The second-order valence-electron chi connectivity index (χ2n) is 7.30. The van der Waals surface area contributed by atoms with Gasteiger partial charge in [0.25, 0.3) is 0 Å². The minimum absolute atomic E-state index is 0.104. The van der Waals surface area contributed by atoms with Gasteiger partial charge in [-0.2, -0.15) is 0 Å². The highest BCUT2D eigenvalue weighted by Gasteiger charge is 2.25. The molecule has 26 heavy (non-hydrogen) atoms. The summed E-state index contributed by atoms with van der Waals surface area (Å²) in [5, 5.41) is 0. The Kier molecular flexibility index (Phi) is 7.06. The third kappa shape index (κ3) is 5.56. The van der Waals surface area contributed by atoms with E-state index in [0.717, 1.165) is 38.6 Å². The molecule has 2 amide bonds. The van der Waals surface area contributed by atoms with E-state index < -0.39 is 0 Å². The molecule has 2 saturated heterocycles. The molecule has 2 fully saturated rings. The van der Waals surface area contributed by atoms with Crippen LogP contribution in [0, 0.1) is 0 Å². The van der Waals surface area contributed by atoms with Crippen molar-refractivity contribution in [2.75, 3.05) is 32.8 Å². The summed E-state index contributed by atoms with van der Waals surface area (Å²) in [4.78, 5) is 28.4. The Morgan fingerprint density at radius 2 is 1.96 bits per heavy atom. The lowest BCUT2D eigenvalue weighted by Gasteiger charge is -2.33. The number of aryl methyl sites for hydroxylation is 1. The average molecular weight is 358 g/mol. The zero-order valence-corrected chi connectivity index (χ0v) is 15.6. The molecule has 1 aromatic carbocycles. The first-order valence-corrected chi connectivity index (χ1v) is 9.93. The Labute approximate surface area is 156 Å². The number of hydrogen-bond donors (Lipinski definition) is 0. The van der Waals surface area contributed by atoms with E-state index in [2.05, 4.69) is 24.3 Å². The Morgan fingerprint density at radius 1 is 1.12 bits per heavy atom. The molecule has 142 valence electrons. The highest BCUT2D eigenvalue weighted by molar-refractivity contribution is 5.79. The van der Waals surface area contributed by atoms with Crippen LogP contribution in [0.1, 0.15) is 44.1 Å². The van der Waals surface area contributed by atoms with Gasteiger partial charge < -0.3 is 14.5 Å². The van der Waals surface area contributed by atoms with E-state index in [1.54, 1.807) is 0 Å². The number of carbonyl (C=O) groups excluding carboxylic acids is 2. The second-order valence-corrected chi connectivity index (χ2v) is 7.30. The summed E-state index contributed by atoms with van der Waals surface area (Å²) >= 11 is 0. The first-order chi connectivity index (χ1) is 12.7. The summed E-state index contributed by atoms with van der Waals surface area (Å²) in [5.74, 6) is 0.355. The number of carbonyl (C=O) groups is 2. The van der Waals surface area contributed by atoms with Crippen LogP contribution in [0.2, 0.25) is 0 Å². The summed E-state index contributed by atoms with van der Waals surface area (Å²) in [6, 6.07) is 10.4. The lowest BCUT2D eigenvalue weighted by molar-refractivity contribution is -0.140. The zero-order chi connectivity index (χ0) is 18.2. The smallest absolute Gasteiger partial charge is 0.224 e. The lowest BCUT2D eigenvalue weighted by Crippen LogP contribution is -2.46. The van der Waals surface area contributed by atoms with Crippen molar-refractivity contribution in [2.24, 2.45) is 0 Å². The highest BCUT2D eigenvalue weighted by atomic mass is 16.5. The number of nitrogens with zero attached hydrogens (tertiary/aromatic N) is 2. The van der Waals surface area contributed by atoms with Gasteiger partial charge in [0, 0.05) is 39.0 Å². The van der Waals surface area contributed by atoms with Crippen molar-refractivity contribution < 1.29 is 14.3 Å². The van der Waals surface area contributed by atoms with E-state index in [0.29, 0.717) is 39.1 Å². The molecule has 2 aliphatic rings. The van der Waals surface area contributed by atoms with Crippen molar-refractivity contribution in [3.63, 3.8) is 0 Å². The van der Waals surface area contributed by atoms with Crippen LogP contribution in [0.15, 0.2) is 30.3 Å². The number of rotatable bonds is 6. The van der Waals surface area contributed by atoms with Crippen molar-refractivity contribution in [3.8, 4) is 0 Å². The maximum absolute atomic E-state index is 12.6. The van der Waals surface area contributed by atoms with E-state index in [1.165, 1.54) is 5.56 Å². The molecule has 2 heterocycles. The summed E-state index contributed by atoms with van der Waals surface area (Å²) < 4.78 is 5.85. The van der Waals surface area contributed by atoms with E-state index in [4.69, 9.17) is 4.74 Å². The topological polar surface area (TPSA) is 49.9 Å². The van der Waals surface area contributed by atoms with Crippen LogP contribution in [0.3, 0.4) is 0 Å². The molecule has 1 atom stereocenters. The van der Waals surface area contributed by atoms with Crippen molar-refractivity contribution in [3.05, 3.63) is 35.9 Å². The van der Waals surface area contributed by atoms with E-state index in [1.807, 2.05) is 15.9 Å². The molecular formula is C21H30N2O3. The SMILES string of the molecule is O=C1CCCCCN1CCC(=O)N1CCOC(CCc2ccccc2)C1. The molecule has 0 aliphatic carbocycles. The van der Waals surface area contributed by atoms with Crippen LogP contribution in [0.25, 0.3) is 0 Å². The molecule has 3 rings (SSSR count). The predicted octanol–water partition coefficient (Wildman–Crippen LogP) is 2.64. The zero-order valence-electron chi connectivity index (χ0n) is 15.6. The monoisotopic (exact) mass is 358 g/mol. The molecule has 0 aromatic heterocycles. The van der Waals surface area contributed by atoms with Gasteiger partial charge in [0.05, 0.1) is 12.7 Å². The summed E-state index contributed by atoms with van der Waals surface area (Å²) in [6.07, 6.45) is 6.21. The van der Waals surface area contributed by atoms with Gasteiger partial charge in [-0.3, -0.25) is 9.59 Å². The number of amides is 2. The van der Waals surface area contributed by atoms with E-state index in [-0.39, 0.29) is 17.9 Å². The number of ether oxygens (including phenoxy) is 1. The lowest BCUT2D eigenvalue weighted by atomic mass is 10.1. The Morgan fingerprint density at radius 3 is 2.81 bits per heavy atom. The van der Waals surface area contributed by atoms with Crippen molar-refractivity contribution in [1.29, 1.82) is 0 Å². The van der Waals surface area contributed by atoms with Gasteiger partial charge in [-0.1, -0.05) is 36.8 Å². The molecule has 0 radical (unpaired) electrons. The largest absolute Gasteiger partial charge is 0.375 e. The Bertz CT molecular complexity index is 590. The Balaban J connectivity index is 1.43. The van der Waals surface area contributed by atoms with Crippen LogP contribution in [0.5, 0.6) is 0 Å². The standard InChI is InChI=1S/C21H30N2O3/c24-20-9-5-2-6-13-22(20)14-12-21(25)23-15-16-26-19(17-23)11-10-18-7-3-1-4-8-18/h1,3-4,7-8,19H,2,5-6,9-17H2. The van der Waals surface area contributed by atoms with Crippen LogP contribution < -0.4 is 0 Å². The average Bonchev–Trinajstić information content (AvgIpc) is 2.89. The van der Waals surface area contributed by atoms with Gasteiger partial charge in [0.1, 0.15) is 0 Å². The second kappa shape index (κ2) is 9.72. The molecule has 5 nitrogen and oxygen atoms in total. The van der Waals surface area contributed by atoms with Gasteiger partial charge in [-0.15, -0.1) is 0 Å². The van der Waals surface area contributed by atoms with E-state index in [9.17, 15) is 9.59 Å². The minimum Gasteiger partial charge on any atom is -0.375 e. The molecule has 0 N–H and O–H groups in total. The van der Waals surface area contributed by atoms with Crippen molar-refractivity contribution in [1.82, 2.24) is 9.80 Å². The van der Waals surface area contributed by atoms with Gasteiger partial charge >= 0.3 is 0 Å². The summed E-state index contributed by atoms with van der Waals surface area (Å²) in [6.45, 7) is 3.29. The quantitative estimate of drug-likeness (QED) is 0.785. The third-order valence-corrected chi connectivity index (χ3v) is 5.36. The van der Waals surface area contributed by atoms with Gasteiger partial charge in [0.15, 0.2) is 0 Å². The fraction of sp³-hybridized carbons (Fsp3) is 0.619. The van der Waals surface area contributed by atoms with E-state index >= 15 is 0 Å². The fourth-order valence-electron chi connectivity index (χ4n) is 3.76. The van der Waals surface area contributed by atoms with Crippen molar-refractivity contribution >= 4 is 11.8 Å². The molecule has 0 bridgehead atoms. The maximum Gasteiger partial charge on any atom is 0.224 e. The van der Waals surface area contributed by atoms with Crippen LogP contribution in [0.4, 0.5) is 0 Å². The first kappa shape index (κ1) is 18.9. The summed E-state index contributed by atoms with van der Waals surface area (Å²) in [5.41, 5.74) is 1.30. The predicted molar refractivity (Wildman–Crippen MR) is 101 cm³/mol. The fourth-order valence-corrected chi connectivity index (χ4v) is 3.76. The third-order valence-electron chi connectivity index (χ3n) is 5.36. The molecule has 2 aliphatic heterocycles. The first-order valence-electron chi connectivity index (χ1n) is 9.93. The number of likely N-dealkylation sites (tertiary alicyclic amines) is 1. The number of hydrogen-bond acceptors (Lipinski definition) is 3. The normalized spacial score (nSPS) is 21.5. The van der Waals surface area contributed by atoms with Gasteiger partial charge in [-0.05, 0) is 31.2 Å². The summed E-state index contributed by atoms with van der Waals surface area (Å²) in [7, 11) is 0. The minimum atomic E-state index is 0.104. The van der Waals surface area contributed by atoms with Crippen molar-refractivity contribution in [2.45, 2.75) is 51.0 Å². The maximum atomic E-state index is 12.6. The molecule has 5 heteroatoms. The van der Waals surface area contributed by atoms with Gasteiger partial charge in [-0.25, -0.2) is 0 Å². The molecule has 0 saturated carbocycles. The Hall–Kier alpha value is -1.88. The van der Waals surface area contributed by atoms with Crippen LogP contribution in [-0.4, -0.2) is 60.5 Å². The van der Waals surface area contributed by atoms with Crippen LogP contribution >= 0.6 is 0 Å². The molecule has 1 aromatic rings. The highest BCUT2D eigenvalue weighted by Crippen LogP contribution is 2.15. The molecule has 0 spiro atoms. The van der Waals surface area contributed by atoms with Gasteiger partial charge in [0.2, 0.25) is 11.8 Å². The number of benzene rings is 1. The molecular weight excluding hydrogens is 328 g/mol.